The van der Waals surface area contributed by atoms with Crippen molar-refractivity contribution in [3.8, 4) is 0 Å². The molecule has 1 aromatic carbocycles. The Morgan fingerprint density at radius 2 is 1.71 bits per heavy atom. The van der Waals surface area contributed by atoms with Crippen LogP contribution in [0.15, 0.2) is 30.3 Å². The lowest BCUT2D eigenvalue weighted by atomic mass is 9.94. The molecule has 0 unspecified atom stereocenters. The quantitative estimate of drug-likeness (QED) is 0.663. The summed E-state index contributed by atoms with van der Waals surface area (Å²) in [5.74, 6) is 2.41. The average molecular weight is 208 g/mol. The van der Waals surface area contributed by atoms with Crippen molar-refractivity contribution in [3.05, 3.63) is 35.9 Å². The smallest absolute Gasteiger partial charge is 0.0184 e. The highest BCUT2D eigenvalue weighted by molar-refractivity contribution is 7.98. The van der Waals surface area contributed by atoms with Crippen LogP contribution in [0.2, 0.25) is 0 Å². The van der Waals surface area contributed by atoms with E-state index in [1.165, 1.54) is 17.7 Å². The molecule has 0 heterocycles. The van der Waals surface area contributed by atoms with E-state index in [-0.39, 0.29) is 0 Å². The van der Waals surface area contributed by atoms with Crippen LogP contribution in [-0.4, -0.2) is 5.75 Å². The Morgan fingerprint density at radius 3 is 2.29 bits per heavy atom. The molecule has 78 valence electrons. The van der Waals surface area contributed by atoms with Gasteiger partial charge in [-0.05, 0) is 23.2 Å². The van der Waals surface area contributed by atoms with Gasteiger partial charge in [0.1, 0.15) is 0 Å². The van der Waals surface area contributed by atoms with Gasteiger partial charge in [-0.15, -0.1) is 0 Å². The van der Waals surface area contributed by atoms with Gasteiger partial charge in [-0.3, -0.25) is 0 Å². The highest BCUT2D eigenvalue weighted by Gasteiger charge is 2.08. The van der Waals surface area contributed by atoms with E-state index in [0.717, 1.165) is 5.75 Å². The molecule has 0 radical (unpaired) electrons. The molecular formula is C13H20S. The summed E-state index contributed by atoms with van der Waals surface area (Å²) in [4.78, 5) is 0. The Morgan fingerprint density at radius 1 is 1.07 bits per heavy atom. The van der Waals surface area contributed by atoms with Crippen LogP contribution in [-0.2, 0) is 5.75 Å². The summed E-state index contributed by atoms with van der Waals surface area (Å²) in [5.41, 5.74) is 1.91. The highest BCUT2D eigenvalue weighted by atomic mass is 32.2. The van der Waals surface area contributed by atoms with Crippen LogP contribution in [0.25, 0.3) is 0 Å². The molecule has 1 rings (SSSR count). The minimum absolute atomic E-state index is 0.476. The van der Waals surface area contributed by atoms with Gasteiger partial charge in [-0.1, -0.05) is 51.1 Å². The molecule has 0 aliphatic heterocycles. The molecule has 0 amide bonds. The van der Waals surface area contributed by atoms with E-state index in [2.05, 4.69) is 51.1 Å². The van der Waals surface area contributed by atoms with Crippen molar-refractivity contribution in [1.82, 2.24) is 0 Å². The molecule has 0 atom stereocenters. The summed E-state index contributed by atoms with van der Waals surface area (Å²) in [5, 5.41) is 0. The molecule has 0 aliphatic rings. The first-order valence-electron chi connectivity index (χ1n) is 5.20. The van der Waals surface area contributed by atoms with Gasteiger partial charge in [-0.2, -0.15) is 11.8 Å². The van der Waals surface area contributed by atoms with Crippen molar-refractivity contribution < 1.29 is 0 Å². The molecule has 0 nitrogen and oxygen atoms in total. The lowest BCUT2D eigenvalue weighted by molar-refractivity contribution is 0.401. The maximum Gasteiger partial charge on any atom is 0.0184 e. The number of hydrogen-bond acceptors (Lipinski definition) is 1. The lowest BCUT2D eigenvalue weighted by Crippen LogP contribution is -2.05. The molecule has 1 aromatic rings. The van der Waals surface area contributed by atoms with Crippen molar-refractivity contribution in [2.75, 3.05) is 5.75 Å². The summed E-state index contributed by atoms with van der Waals surface area (Å²) in [6, 6.07) is 10.7. The number of thioether (sulfide) groups is 1. The molecule has 0 fully saturated rings. The Labute approximate surface area is 92.1 Å². The fourth-order valence-electron chi connectivity index (χ4n) is 1.14. The first-order chi connectivity index (χ1) is 6.58. The molecular weight excluding hydrogens is 188 g/mol. The first-order valence-corrected chi connectivity index (χ1v) is 6.35. The fourth-order valence-corrected chi connectivity index (χ4v) is 2.47. The summed E-state index contributed by atoms with van der Waals surface area (Å²) in [6.07, 6.45) is 1.30. The van der Waals surface area contributed by atoms with Gasteiger partial charge >= 0.3 is 0 Å². The molecule has 0 bridgehead atoms. The largest absolute Gasteiger partial charge is 0.157 e. The summed E-state index contributed by atoms with van der Waals surface area (Å²) < 4.78 is 0. The number of hydrogen-bond donors (Lipinski definition) is 0. The van der Waals surface area contributed by atoms with Gasteiger partial charge in [0.15, 0.2) is 0 Å². The Bertz CT molecular complexity index is 246. The van der Waals surface area contributed by atoms with E-state index < -0.39 is 0 Å². The summed E-state index contributed by atoms with van der Waals surface area (Å²) >= 11 is 2.03. The monoisotopic (exact) mass is 208 g/mol. The maximum atomic E-state index is 2.30. The first kappa shape index (κ1) is 11.6. The van der Waals surface area contributed by atoms with E-state index in [1.54, 1.807) is 0 Å². The van der Waals surface area contributed by atoms with Gasteiger partial charge in [-0.25, -0.2) is 0 Å². The fraction of sp³-hybridized carbons (Fsp3) is 0.538. The van der Waals surface area contributed by atoms with Crippen LogP contribution in [0.5, 0.6) is 0 Å². The molecule has 0 aliphatic carbocycles. The third kappa shape index (κ3) is 5.33. The van der Waals surface area contributed by atoms with Gasteiger partial charge in [0.2, 0.25) is 0 Å². The Hall–Kier alpha value is -0.430. The normalized spacial score (nSPS) is 11.6. The maximum absolute atomic E-state index is 2.30. The van der Waals surface area contributed by atoms with E-state index in [1.807, 2.05) is 11.8 Å². The number of rotatable bonds is 4. The van der Waals surface area contributed by atoms with Gasteiger partial charge < -0.3 is 0 Å². The van der Waals surface area contributed by atoms with Crippen LogP contribution < -0.4 is 0 Å². The predicted molar refractivity (Wildman–Crippen MR) is 66.7 cm³/mol. The van der Waals surface area contributed by atoms with Gasteiger partial charge in [0, 0.05) is 5.75 Å². The second kappa shape index (κ2) is 5.45. The van der Waals surface area contributed by atoms with Gasteiger partial charge in [0.05, 0.1) is 0 Å². The molecule has 1 heteroatoms. The summed E-state index contributed by atoms with van der Waals surface area (Å²) in [7, 11) is 0. The zero-order valence-corrected chi connectivity index (χ0v) is 10.2. The zero-order valence-electron chi connectivity index (χ0n) is 9.42. The van der Waals surface area contributed by atoms with E-state index >= 15 is 0 Å². The predicted octanol–water partition coefficient (Wildman–Crippen LogP) is 4.36. The van der Waals surface area contributed by atoms with E-state index in [4.69, 9.17) is 0 Å². The molecule has 0 saturated heterocycles. The second-order valence-electron chi connectivity index (χ2n) is 4.85. The minimum Gasteiger partial charge on any atom is -0.157 e. The lowest BCUT2D eigenvalue weighted by Gasteiger charge is -2.17. The summed E-state index contributed by atoms with van der Waals surface area (Å²) in [6.45, 7) is 6.90. The Kier molecular flexibility index (Phi) is 4.53. The van der Waals surface area contributed by atoms with Gasteiger partial charge in [0.25, 0.3) is 0 Å². The van der Waals surface area contributed by atoms with Crippen LogP contribution in [0.3, 0.4) is 0 Å². The van der Waals surface area contributed by atoms with Crippen LogP contribution in [0.4, 0.5) is 0 Å². The molecule has 0 saturated carbocycles. The number of benzene rings is 1. The van der Waals surface area contributed by atoms with Crippen molar-refractivity contribution in [2.45, 2.75) is 32.9 Å². The second-order valence-corrected chi connectivity index (χ2v) is 5.95. The van der Waals surface area contributed by atoms with Crippen molar-refractivity contribution in [2.24, 2.45) is 5.41 Å². The van der Waals surface area contributed by atoms with Crippen LogP contribution >= 0.6 is 11.8 Å². The third-order valence-corrected chi connectivity index (χ3v) is 3.14. The molecule has 0 spiro atoms. The van der Waals surface area contributed by atoms with E-state index in [9.17, 15) is 0 Å². The SMILES string of the molecule is CC(C)(C)CCSCc1ccccc1. The van der Waals surface area contributed by atoms with Crippen molar-refractivity contribution in [1.29, 1.82) is 0 Å². The topological polar surface area (TPSA) is 0 Å². The zero-order chi connectivity index (χ0) is 10.4. The standard InChI is InChI=1S/C13H20S/c1-13(2,3)9-10-14-11-12-7-5-4-6-8-12/h4-8H,9-11H2,1-3H3. The van der Waals surface area contributed by atoms with Crippen molar-refractivity contribution >= 4 is 11.8 Å². The van der Waals surface area contributed by atoms with E-state index in [0.29, 0.717) is 5.41 Å². The molecule has 0 N–H and O–H groups in total. The Balaban J connectivity index is 2.17. The van der Waals surface area contributed by atoms with Crippen LogP contribution in [0.1, 0.15) is 32.8 Å². The average Bonchev–Trinajstić information content (AvgIpc) is 2.13. The van der Waals surface area contributed by atoms with Crippen LogP contribution in [0, 0.1) is 5.41 Å². The minimum atomic E-state index is 0.476. The third-order valence-electron chi connectivity index (χ3n) is 2.11. The van der Waals surface area contributed by atoms with Crippen molar-refractivity contribution in [3.63, 3.8) is 0 Å². The molecule has 14 heavy (non-hydrogen) atoms. The highest BCUT2D eigenvalue weighted by Crippen LogP contribution is 2.22. The molecule has 0 aromatic heterocycles.